The van der Waals surface area contributed by atoms with Crippen molar-refractivity contribution in [1.82, 2.24) is 15.5 Å². The van der Waals surface area contributed by atoms with E-state index >= 15 is 0 Å². The highest BCUT2D eigenvalue weighted by Gasteiger charge is 2.50. The van der Waals surface area contributed by atoms with E-state index in [-0.39, 0.29) is 29.8 Å². The number of hydrogen-bond acceptors (Lipinski definition) is 4. The van der Waals surface area contributed by atoms with Crippen LogP contribution in [0, 0.1) is 17.8 Å². The highest BCUT2D eigenvalue weighted by Crippen LogP contribution is 2.46. The second-order valence-corrected chi connectivity index (χ2v) is 9.06. The molecule has 0 bridgehead atoms. The van der Waals surface area contributed by atoms with E-state index in [2.05, 4.69) is 17.6 Å². The Morgan fingerprint density at radius 1 is 1.09 bits per heavy atom. The molecule has 0 radical (unpaired) electrons. The van der Waals surface area contributed by atoms with Gasteiger partial charge in [0.2, 0.25) is 5.91 Å². The first-order valence-electron chi connectivity index (χ1n) is 11.6. The number of carbonyl (C=O) groups excluding carboxylic acids is 2. The molecule has 33 heavy (non-hydrogen) atoms. The van der Waals surface area contributed by atoms with Crippen molar-refractivity contribution in [2.24, 2.45) is 17.8 Å². The van der Waals surface area contributed by atoms with Gasteiger partial charge < -0.3 is 25.0 Å². The minimum atomic E-state index is -0.168. The van der Waals surface area contributed by atoms with Crippen LogP contribution >= 0.6 is 0 Å². The number of nitrogens with zero attached hydrogens (tertiary/aromatic N) is 1. The van der Waals surface area contributed by atoms with E-state index < -0.39 is 0 Å². The molecule has 4 atom stereocenters. The van der Waals surface area contributed by atoms with Crippen molar-refractivity contribution in [3.05, 3.63) is 59.7 Å². The summed E-state index contributed by atoms with van der Waals surface area (Å²) in [7, 11) is 3.26. The van der Waals surface area contributed by atoms with Crippen LogP contribution in [-0.2, 0) is 17.9 Å². The van der Waals surface area contributed by atoms with Crippen molar-refractivity contribution < 1.29 is 19.1 Å². The highest BCUT2D eigenvalue weighted by molar-refractivity contribution is 5.80. The van der Waals surface area contributed by atoms with E-state index in [1.165, 1.54) is 0 Å². The second-order valence-electron chi connectivity index (χ2n) is 9.06. The summed E-state index contributed by atoms with van der Waals surface area (Å²) < 4.78 is 10.8. The summed E-state index contributed by atoms with van der Waals surface area (Å²) in [6.45, 7) is 3.82. The number of methoxy groups -OCH3 is 2. The summed E-state index contributed by atoms with van der Waals surface area (Å²) in [5, 5.41) is 5.95. The Kier molecular flexibility index (Phi) is 7.06. The molecule has 2 aromatic rings. The van der Waals surface area contributed by atoms with E-state index in [1.807, 2.05) is 53.4 Å². The fourth-order valence-electron chi connectivity index (χ4n) is 5.36. The maximum atomic E-state index is 12.9. The summed E-state index contributed by atoms with van der Waals surface area (Å²) in [6, 6.07) is 15.6. The number of rotatable bonds is 8. The average Bonchev–Trinajstić information content (AvgIpc) is 3.30. The van der Waals surface area contributed by atoms with Crippen LogP contribution in [0.2, 0.25) is 0 Å². The van der Waals surface area contributed by atoms with Crippen LogP contribution in [0.4, 0.5) is 4.79 Å². The van der Waals surface area contributed by atoms with Gasteiger partial charge in [0.15, 0.2) is 0 Å². The van der Waals surface area contributed by atoms with E-state index in [4.69, 9.17) is 9.47 Å². The molecule has 0 spiro atoms. The number of hydrogen-bond donors (Lipinski definition) is 2. The van der Waals surface area contributed by atoms with Gasteiger partial charge in [-0.15, -0.1) is 0 Å². The Labute approximate surface area is 195 Å². The first kappa shape index (κ1) is 23.0. The Balaban J connectivity index is 1.35. The van der Waals surface area contributed by atoms with Gasteiger partial charge in [-0.3, -0.25) is 4.79 Å². The van der Waals surface area contributed by atoms with Crippen molar-refractivity contribution in [2.45, 2.75) is 38.9 Å². The van der Waals surface area contributed by atoms with Gasteiger partial charge in [0.1, 0.15) is 11.5 Å². The molecule has 0 aromatic heterocycles. The normalized spacial score (nSPS) is 23.8. The summed E-state index contributed by atoms with van der Waals surface area (Å²) in [5.74, 6) is 2.60. The second kappa shape index (κ2) is 10.1. The van der Waals surface area contributed by atoms with Crippen LogP contribution in [-0.4, -0.2) is 43.6 Å². The average molecular weight is 452 g/mol. The molecule has 2 aromatic carbocycles. The zero-order chi connectivity index (χ0) is 23.4. The van der Waals surface area contributed by atoms with E-state index in [1.54, 1.807) is 14.2 Å². The van der Waals surface area contributed by atoms with Gasteiger partial charge in [-0.1, -0.05) is 37.3 Å². The van der Waals surface area contributed by atoms with Gasteiger partial charge >= 0.3 is 6.03 Å². The van der Waals surface area contributed by atoms with Crippen molar-refractivity contribution in [1.29, 1.82) is 0 Å². The van der Waals surface area contributed by atoms with Gasteiger partial charge in [0.05, 0.1) is 14.2 Å². The standard InChI is InChI=1S/C26H33N3O4/c1-17-11-23-21(22(17)15-28-26(31)27-14-18-7-5-4-6-8-18)13-25(30)29(23)16-19-9-10-20(32-2)12-24(19)33-3/h4-10,12,17,21-23H,11,13-16H2,1-3H3,(H2,27,28,31)/t17-,21-,22+,23+/m0/s1. The Morgan fingerprint density at radius 2 is 1.88 bits per heavy atom. The number of carbonyl (C=O) groups is 2. The zero-order valence-electron chi connectivity index (χ0n) is 19.5. The van der Waals surface area contributed by atoms with Crippen LogP contribution in [0.1, 0.15) is 30.9 Å². The lowest BCUT2D eigenvalue weighted by atomic mass is 9.88. The molecular formula is C26H33N3O4. The van der Waals surface area contributed by atoms with Crippen LogP contribution < -0.4 is 20.1 Å². The number of ether oxygens (including phenoxy) is 2. The summed E-state index contributed by atoms with van der Waals surface area (Å²) in [4.78, 5) is 27.3. The van der Waals surface area contributed by atoms with Crippen molar-refractivity contribution in [3.63, 3.8) is 0 Å². The fraction of sp³-hybridized carbons (Fsp3) is 0.462. The van der Waals surface area contributed by atoms with Crippen LogP contribution in [0.25, 0.3) is 0 Å². The fourth-order valence-corrected chi connectivity index (χ4v) is 5.36. The Bertz CT molecular complexity index is 981. The molecule has 1 aliphatic heterocycles. The summed E-state index contributed by atoms with van der Waals surface area (Å²) >= 11 is 0. The molecular weight excluding hydrogens is 418 g/mol. The number of fused-ring (bicyclic) bond motifs is 1. The van der Waals surface area contributed by atoms with Gasteiger partial charge in [0, 0.05) is 43.7 Å². The molecule has 3 amide bonds. The number of urea groups is 1. The lowest BCUT2D eigenvalue weighted by Gasteiger charge is -2.25. The third-order valence-corrected chi connectivity index (χ3v) is 7.15. The molecule has 1 saturated carbocycles. The third-order valence-electron chi connectivity index (χ3n) is 7.15. The quantitative estimate of drug-likeness (QED) is 0.643. The maximum Gasteiger partial charge on any atom is 0.315 e. The molecule has 4 rings (SSSR count). The molecule has 1 heterocycles. The van der Waals surface area contributed by atoms with Crippen molar-refractivity contribution >= 4 is 11.9 Å². The lowest BCUT2D eigenvalue weighted by molar-refractivity contribution is -0.129. The molecule has 2 fully saturated rings. The smallest absolute Gasteiger partial charge is 0.315 e. The van der Waals surface area contributed by atoms with E-state index in [0.717, 1.165) is 29.0 Å². The maximum absolute atomic E-state index is 12.9. The van der Waals surface area contributed by atoms with Crippen LogP contribution in [0.3, 0.4) is 0 Å². The minimum Gasteiger partial charge on any atom is -0.497 e. The Morgan fingerprint density at radius 3 is 2.61 bits per heavy atom. The SMILES string of the molecule is COc1ccc(CN2C(=O)C[C@H]3[C@H](CNC(=O)NCc4ccccc4)[C@@H](C)C[C@H]32)c(OC)c1. The van der Waals surface area contributed by atoms with Gasteiger partial charge in [-0.05, 0) is 41.9 Å². The predicted molar refractivity (Wildman–Crippen MR) is 126 cm³/mol. The first-order chi connectivity index (χ1) is 16.0. The number of likely N-dealkylation sites (tertiary alicyclic amines) is 1. The molecule has 7 nitrogen and oxygen atoms in total. The predicted octanol–water partition coefficient (Wildman–Crippen LogP) is 3.58. The lowest BCUT2D eigenvalue weighted by Crippen LogP contribution is -2.40. The molecule has 1 saturated heterocycles. The molecule has 1 aliphatic carbocycles. The third kappa shape index (κ3) is 5.07. The number of amides is 3. The minimum absolute atomic E-state index is 0.168. The monoisotopic (exact) mass is 451 g/mol. The van der Waals surface area contributed by atoms with Gasteiger partial charge in [-0.2, -0.15) is 0 Å². The van der Waals surface area contributed by atoms with Gasteiger partial charge in [-0.25, -0.2) is 4.79 Å². The zero-order valence-corrected chi connectivity index (χ0v) is 19.5. The number of benzene rings is 2. The molecule has 176 valence electrons. The van der Waals surface area contributed by atoms with E-state index in [9.17, 15) is 9.59 Å². The molecule has 0 unspecified atom stereocenters. The molecule has 2 N–H and O–H groups in total. The van der Waals surface area contributed by atoms with Crippen LogP contribution in [0.15, 0.2) is 48.5 Å². The van der Waals surface area contributed by atoms with Crippen molar-refractivity contribution in [3.8, 4) is 11.5 Å². The molecule has 2 aliphatic rings. The van der Waals surface area contributed by atoms with Gasteiger partial charge in [0.25, 0.3) is 0 Å². The molecule has 7 heteroatoms. The van der Waals surface area contributed by atoms with Crippen molar-refractivity contribution in [2.75, 3.05) is 20.8 Å². The summed E-state index contributed by atoms with van der Waals surface area (Å²) in [5.41, 5.74) is 2.04. The highest BCUT2D eigenvalue weighted by atomic mass is 16.5. The number of nitrogens with one attached hydrogen (secondary N) is 2. The van der Waals surface area contributed by atoms with Crippen LogP contribution in [0.5, 0.6) is 11.5 Å². The topological polar surface area (TPSA) is 79.9 Å². The summed E-state index contributed by atoms with van der Waals surface area (Å²) in [6.07, 6.45) is 1.48. The Hall–Kier alpha value is -3.22. The first-order valence-corrected chi connectivity index (χ1v) is 11.6. The van der Waals surface area contributed by atoms with E-state index in [0.29, 0.717) is 32.0 Å². The largest absolute Gasteiger partial charge is 0.497 e.